The van der Waals surface area contributed by atoms with Crippen molar-refractivity contribution in [3.63, 3.8) is 0 Å². The molecule has 3 rings (SSSR count). The summed E-state index contributed by atoms with van der Waals surface area (Å²) in [6.07, 6.45) is 3.01. The highest BCUT2D eigenvalue weighted by Crippen LogP contribution is 2.28. The van der Waals surface area contributed by atoms with Crippen LogP contribution in [0.1, 0.15) is 37.3 Å². The number of amides is 2. The van der Waals surface area contributed by atoms with Gasteiger partial charge in [0.05, 0.1) is 6.04 Å². The number of rotatable bonds is 6. The lowest BCUT2D eigenvalue weighted by atomic mass is 10.0. The van der Waals surface area contributed by atoms with E-state index in [9.17, 15) is 14.0 Å². The molecule has 130 valence electrons. The predicted molar refractivity (Wildman–Crippen MR) is 88.7 cm³/mol. The molecule has 1 aromatic carbocycles. The Morgan fingerprint density at radius 3 is 2.92 bits per heavy atom. The second-order valence-electron chi connectivity index (χ2n) is 6.53. The first-order chi connectivity index (χ1) is 11.6. The van der Waals surface area contributed by atoms with E-state index < -0.39 is 0 Å². The number of piperazine rings is 1. The molecule has 1 aromatic rings. The van der Waals surface area contributed by atoms with E-state index in [0.717, 1.165) is 24.9 Å². The number of carbonyl (C=O) groups is 2. The summed E-state index contributed by atoms with van der Waals surface area (Å²) in [4.78, 5) is 25.9. The zero-order valence-electron chi connectivity index (χ0n) is 13.8. The number of hydrogen-bond acceptors (Lipinski definition) is 3. The number of nitrogens with one attached hydrogen (secondary N) is 2. The van der Waals surface area contributed by atoms with Crippen LogP contribution in [0.25, 0.3) is 0 Å². The highest BCUT2D eigenvalue weighted by molar-refractivity contribution is 5.81. The van der Waals surface area contributed by atoms with Gasteiger partial charge in [0, 0.05) is 38.5 Å². The number of benzene rings is 1. The third-order valence-corrected chi connectivity index (χ3v) is 4.61. The third kappa shape index (κ3) is 4.32. The summed E-state index contributed by atoms with van der Waals surface area (Å²) in [6, 6.07) is 6.30. The largest absolute Gasteiger partial charge is 0.356 e. The number of carbonyl (C=O) groups excluding carboxylic acids is 2. The second kappa shape index (κ2) is 7.75. The van der Waals surface area contributed by atoms with E-state index in [2.05, 4.69) is 10.6 Å². The molecule has 1 heterocycles. The lowest BCUT2D eigenvalue weighted by molar-refractivity contribution is -0.134. The average Bonchev–Trinajstić information content (AvgIpc) is 3.43. The number of nitrogens with zero attached hydrogens (tertiary/aromatic N) is 1. The van der Waals surface area contributed by atoms with Crippen LogP contribution in [0.15, 0.2) is 24.3 Å². The standard InChI is InChI=1S/C18H24FN3O2/c19-15-4-1-3-14(11-15)16-12-20-9-10-22(16)17(23)5-2-8-21-18(24)13-6-7-13/h1,3-4,11,13,16,20H,2,5-10,12H2,(H,21,24). The van der Waals surface area contributed by atoms with Gasteiger partial charge in [-0.2, -0.15) is 0 Å². The minimum atomic E-state index is -0.284. The van der Waals surface area contributed by atoms with Crippen LogP contribution in [-0.4, -0.2) is 42.9 Å². The molecule has 1 saturated carbocycles. The molecule has 2 aliphatic rings. The monoisotopic (exact) mass is 333 g/mol. The van der Waals surface area contributed by atoms with Gasteiger partial charge >= 0.3 is 0 Å². The topological polar surface area (TPSA) is 61.4 Å². The van der Waals surface area contributed by atoms with Crippen LogP contribution in [0.5, 0.6) is 0 Å². The van der Waals surface area contributed by atoms with Gasteiger partial charge in [-0.15, -0.1) is 0 Å². The molecule has 1 aliphatic carbocycles. The molecular formula is C18H24FN3O2. The second-order valence-corrected chi connectivity index (χ2v) is 6.53. The van der Waals surface area contributed by atoms with Crippen molar-refractivity contribution in [2.24, 2.45) is 5.92 Å². The fourth-order valence-electron chi connectivity index (χ4n) is 3.10. The maximum Gasteiger partial charge on any atom is 0.223 e. The van der Waals surface area contributed by atoms with Gasteiger partial charge in [-0.3, -0.25) is 9.59 Å². The molecule has 2 N–H and O–H groups in total. The highest BCUT2D eigenvalue weighted by Gasteiger charge is 2.30. The van der Waals surface area contributed by atoms with Crippen molar-refractivity contribution in [1.82, 2.24) is 15.5 Å². The minimum Gasteiger partial charge on any atom is -0.356 e. The first-order valence-corrected chi connectivity index (χ1v) is 8.68. The number of halogens is 1. The number of hydrogen-bond donors (Lipinski definition) is 2. The van der Waals surface area contributed by atoms with E-state index in [4.69, 9.17) is 0 Å². The van der Waals surface area contributed by atoms with Crippen molar-refractivity contribution < 1.29 is 14.0 Å². The van der Waals surface area contributed by atoms with E-state index in [-0.39, 0.29) is 29.6 Å². The maximum atomic E-state index is 13.5. The van der Waals surface area contributed by atoms with E-state index in [0.29, 0.717) is 32.5 Å². The highest BCUT2D eigenvalue weighted by atomic mass is 19.1. The van der Waals surface area contributed by atoms with E-state index in [1.165, 1.54) is 12.1 Å². The maximum absolute atomic E-state index is 13.5. The molecule has 2 amide bonds. The van der Waals surface area contributed by atoms with Gasteiger partial charge < -0.3 is 15.5 Å². The van der Waals surface area contributed by atoms with Gasteiger partial charge in [0.1, 0.15) is 5.82 Å². The van der Waals surface area contributed by atoms with E-state index in [1.54, 1.807) is 6.07 Å². The predicted octanol–water partition coefficient (Wildman–Crippen LogP) is 1.60. The third-order valence-electron chi connectivity index (χ3n) is 4.61. The molecule has 1 aliphatic heterocycles. The first kappa shape index (κ1) is 16.9. The molecule has 0 bridgehead atoms. The summed E-state index contributed by atoms with van der Waals surface area (Å²) >= 11 is 0. The van der Waals surface area contributed by atoms with Crippen molar-refractivity contribution in [3.05, 3.63) is 35.6 Å². The van der Waals surface area contributed by atoms with Crippen LogP contribution in [-0.2, 0) is 9.59 Å². The van der Waals surface area contributed by atoms with Gasteiger partial charge in [0.15, 0.2) is 0 Å². The van der Waals surface area contributed by atoms with Crippen molar-refractivity contribution in [2.45, 2.75) is 31.7 Å². The van der Waals surface area contributed by atoms with Gasteiger partial charge in [0.25, 0.3) is 0 Å². The van der Waals surface area contributed by atoms with Crippen LogP contribution < -0.4 is 10.6 Å². The minimum absolute atomic E-state index is 0.0615. The van der Waals surface area contributed by atoms with E-state index in [1.807, 2.05) is 11.0 Å². The molecule has 1 unspecified atom stereocenters. The van der Waals surface area contributed by atoms with Crippen molar-refractivity contribution in [1.29, 1.82) is 0 Å². The fraction of sp³-hybridized carbons (Fsp3) is 0.556. The Hall–Kier alpha value is -1.95. The van der Waals surface area contributed by atoms with Crippen LogP contribution in [0, 0.1) is 11.7 Å². The van der Waals surface area contributed by atoms with Gasteiger partial charge in [-0.05, 0) is 37.0 Å². The Morgan fingerprint density at radius 2 is 2.17 bits per heavy atom. The molecule has 0 radical (unpaired) electrons. The van der Waals surface area contributed by atoms with E-state index >= 15 is 0 Å². The van der Waals surface area contributed by atoms with Gasteiger partial charge in [0.2, 0.25) is 11.8 Å². The SMILES string of the molecule is O=C(NCCCC(=O)N1CCNCC1c1cccc(F)c1)C1CC1. The normalized spacial score (nSPS) is 20.7. The molecule has 2 fully saturated rings. The Bertz CT molecular complexity index is 604. The molecule has 6 heteroatoms. The smallest absolute Gasteiger partial charge is 0.223 e. The Labute approximate surface area is 141 Å². The zero-order chi connectivity index (χ0) is 16.9. The Balaban J connectivity index is 1.52. The van der Waals surface area contributed by atoms with Crippen LogP contribution in [0.2, 0.25) is 0 Å². The van der Waals surface area contributed by atoms with Crippen LogP contribution in [0.3, 0.4) is 0 Å². The molecule has 1 saturated heterocycles. The molecule has 1 atom stereocenters. The fourth-order valence-corrected chi connectivity index (χ4v) is 3.10. The van der Waals surface area contributed by atoms with Crippen molar-refractivity contribution in [2.75, 3.05) is 26.2 Å². The molecule has 24 heavy (non-hydrogen) atoms. The van der Waals surface area contributed by atoms with Crippen LogP contribution in [0.4, 0.5) is 4.39 Å². The van der Waals surface area contributed by atoms with Crippen LogP contribution >= 0.6 is 0 Å². The van der Waals surface area contributed by atoms with Crippen molar-refractivity contribution in [3.8, 4) is 0 Å². The summed E-state index contributed by atoms with van der Waals surface area (Å²) in [7, 11) is 0. The molecule has 5 nitrogen and oxygen atoms in total. The summed E-state index contributed by atoms with van der Waals surface area (Å²) in [5.74, 6) is 0.0909. The summed E-state index contributed by atoms with van der Waals surface area (Å²) in [5, 5.41) is 6.15. The summed E-state index contributed by atoms with van der Waals surface area (Å²) in [5.41, 5.74) is 0.817. The van der Waals surface area contributed by atoms with Gasteiger partial charge in [-0.25, -0.2) is 4.39 Å². The molecule has 0 spiro atoms. The first-order valence-electron chi connectivity index (χ1n) is 8.68. The van der Waals surface area contributed by atoms with Gasteiger partial charge in [-0.1, -0.05) is 12.1 Å². The quantitative estimate of drug-likeness (QED) is 0.778. The summed E-state index contributed by atoms with van der Waals surface area (Å²) in [6.45, 7) is 2.54. The Morgan fingerprint density at radius 1 is 1.33 bits per heavy atom. The lowest BCUT2D eigenvalue weighted by Gasteiger charge is -2.36. The lowest BCUT2D eigenvalue weighted by Crippen LogP contribution is -2.48. The average molecular weight is 333 g/mol. The zero-order valence-corrected chi connectivity index (χ0v) is 13.8. The molecule has 0 aromatic heterocycles. The summed E-state index contributed by atoms with van der Waals surface area (Å²) < 4.78 is 13.5. The Kier molecular flexibility index (Phi) is 5.45. The molecular weight excluding hydrogens is 309 g/mol. The van der Waals surface area contributed by atoms with Crippen molar-refractivity contribution >= 4 is 11.8 Å².